The minimum Gasteiger partial charge on any atom is -0.386 e. The van der Waals surface area contributed by atoms with Gasteiger partial charge in [-0.25, -0.2) is 4.99 Å². The molecular weight excluding hydrogens is 126 g/mol. The molecule has 0 fully saturated rings. The molecule has 0 amide bonds. The van der Waals surface area contributed by atoms with Crippen molar-refractivity contribution >= 4 is 5.84 Å². The highest BCUT2D eigenvalue weighted by Gasteiger charge is 2.21. The normalized spacial score (nSPS) is 24.5. The van der Waals surface area contributed by atoms with Crippen LogP contribution >= 0.6 is 0 Å². The van der Waals surface area contributed by atoms with Crippen LogP contribution in [0.4, 0.5) is 0 Å². The van der Waals surface area contributed by atoms with Crippen LogP contribution in [0.25, 0.3) is 0 Å². The lowest BCUT2D eigenvalue weighted by Gasteiger charge is -1.98. The Morgan fingerprint density at radius 2 is 2.20 bits per heavy atom. The molecule has 1 aliphatic rings. The Labute approximate surface area is 59.9 Å². The molecule has 1 heterocycles. The van der Waals surface area contributed by atoms with Gasteiger partial charge in [-0.15, -0.1) is 0 Å². The monoisotopic (exact) mass is 135 g/mol. The second kappa shape index (κ2) is 2.14. The number of hydrogen-bond donors (Lipinski definition) is 1. The fraction of sp³-hybridized carbons (Fsp3) is 0.429. The predicted octanol–water partition coefficient (Wildman–Crippen LogP) is 0.791. The molecule has 1 atom stereocenters. The summed E-state index contributed by atoms with van der Waals surface area (Å²) < 4.78 is 0. The third-order valence-corrected chi connectivity index (χ3v) is 1.73. The molecule has 3 nitrogen and oxygen atoms in total. The van der Waals surface area contributed by atoms with Gasteiger partial charge >= 0.3 is 0 Å². The summed E-state index contributed by atoms with van der Waals surface area (Å²) in [5.74, 6) is 0.150. The molecule has 10 heavy (non-hydrogen) atoms. The Kier molecular flexibility index (Phi) is 1.46. The van der Waals surface area contributed by atoms with Crippen molar-refractivity contribution in [2.75, 3.05) is 0 Å². The standard InChI is InChI=1S/C7H9N3/c1-4-5(2)10-7(9)6(4)3-8/h6H,1-2H3,(H2,9,10)/t6-/m1/s1. The minimum atomic E-state index is -0.278. The zero-order valence-corrected chi connectivity index (χ0v) is 6.05. The maximum Gasteiger partial charge on any atom is 0.126 e. The number of aliphatic imine (C=N–C) groups is 1. The quantitative estimate of drug-likeness (QED) is 0.533. The first-order chi connectivity index (χ1) is 4.66. The minimum absolute atomic E-state index is 0.278. The Bertz CT molecular complexity index is 255. The average Bonchev–Trinajstić information content (AvgIpc) is 2.09. The van der Waals surface area contributed by atoms with E-state index in [0.29, 0.717) is 5.84 Å². The molecule has 0 radical (unpaired) electrons. The van der Waals surface area contributed by atoms with Gasteiger partial charge in [-0.3, -0.25) is 0 Å². The molecule has 1 rings (SSSR count). The summed E-state index contributed by atoms with van der Waals surface area (Å²) in [4.78, 5) is 3.97. The fourth-order valence-corrected chi connectivity index (χ4v) is 0.940. The van der Waals surface area contributed by atoms with Gasteiger partial charge in [0.2, 0.25) is 0 Å². The average molecular weight is 135 g/mol. The van der Waals surface area contributed by atoms with Gasteiger partial charge in [-0.05, 0) is 19.4 Å². The van der Waals surface area contributed by atoms with Crippen molar-refractivity contribution in [3.63, 3.8) is 0 Å². The van der Waals surface area contributed by atoms with E-state index in [1.54, 1.807) is 0 Å². The van der Waals surface area contributed by atoms with Crippen molar-refractivity contribution < 1.29 is 0 Å². The van der Waals surface area contributed by atoms with Crippen molar-refractivity contribution in [3.05, 3.63) is 11.3 Å². The highest BCUT2D eigenvalue weighted by molar-refractivity contribution is 5.91. The molecular formula is C7H9N3. The molecule has 0 aliphatic carbocycles. The van der Waals surface area contributed by atoms with Crippen molar-refractivity contribution in [2.45, 2.75) is 13.8 Å². The highest BCUT2D eigenvalue weighted by Crippen LogP contribution is 2.22. The van der Waals surface area contributed by atoms with Gasteiger partial charge in [-0.1, -0.05) is 0 Å². The molecule has 0 aromatic carbocycles. The topological polar surface area (TPSA) is 62.2 Å². The summed E-state index contributed by atoms with van der Waals surface area (Å²) >= 11 is 0. The largest absolute Gasteiger partial charge is 0.386 e. The van der Waals surface area contributed by atoms with Crippen LogP contribution in [-0.4, -0.2) is 5.84 Å². The summed E-state index contributed by atoms with van der Waals surface area (Å²) in [6.45, 7) is 3.74. The lowest BCUT2D eigenvalue weighted by molar-refractivity contribution is 1.04. The first-order valence-electron chi connectivity index (χ1n) is 3.08. The Balaban J connectivity index is 3.01. The van der Waals surface area contributed by atoms with E-state index in [4.69, 9.17) is 11.0 Å². The molecule has 0 saturated heterocycles. The number of nitrogens with zero attached hydrogens (tertiary/aromatic N) is 2. The molecule has 0 aromatic heterocycles. The molecule has 0 aromatic rings. The lowest BCUT2D eigenvalue weighted by atomic mass is 10.0. The van der Waals surface area contributed by atoms with E-state index in [0.717, 1.165) is 11.3 Å². The smallest absolute Gasteiger partial charge is 0.126 e. The van der Waals surface area contributed by atoms with Crippen LogP contribution in [0.3, 0.4) is 0 Å². The van der Waals surface area contributed by atoms with E-state index in [2.05, 4.69) is 11.1 Å². The summed E-state index contributed by atoms with van der Waals surface area (Å²) in [5, 5.41) is 8.58. The van der Waals surface area contributed by atoms with Crippen LogP contribution in [0.15, 0.2) is 16.3 Å². The summed E-state index contributed by atoms with van der Waals surface area (Å²) in [7, 11) is 0. The van der Waals surface area contributed by atoms with E-state index in [-0.39, 0.29) is 5.92 Å². The van der Waals surface area contributed by atoms with E-state index in [1.165, 1.54) is 0 Å². The number of nitrogens with two attached hydrogens (primary N) is 1. The third kappa shape index (κ3) is 0.781. The second-order valence-electron chi connectivity index (χ2n) is 2.37. The number of amidine groups is 1. The predicted molar refractivity (Wildman–Crippen MR) is 39.1 cm³/mol. The maximum absolute atomic E-state index is 8.58. The van der Waals surface area contributed by atoms with Gasteiger partial charge in [0.05, 0.1) is 6.07 Å². The maximum atomic E-state index is 8.58. The van der Waals surface area contributed by atoms with Crippen LogP contribution in [-0.2, 0) is 0 Å². The van der Waals surface area contributed by atoms with Crippen LogP contribution in [0.5, 0.6) is 0 Å². The summed E-state index contributed by atoms with van der Waals surface area (Å²) in [6, 6.07) is 2.08. The van der Waals surface area contributed by atoms with Crippen LogP contribution < -0.4 is 5.73 Å². The Hall–Kier alpha value is -1.30. The first-order valence-corrected chi connectivity index (χ1v) is 3.08. The number of allylic oxidation sites excluding steroid dienone is 1. The number of hydrogen-bond acceptors (Lipinski definition) is 3. The molecule has 0 unspecified atom stereocenters. The third-order valence-electron chi connectivity index (χ3n) is 1.73. The Morgan fingerprint density at radius 1 is 1.60 bits per heavy atom. The summed E-state index contributed by atoms with van der Waals surface area (Å²) in [6.07, 6.45) is 0. The van der Waals surface area contributed by atoms with Crippen LogP contribution in [0, 0.1) is 17.2 Å². The van der Waals surface area contributed by atoms with Gasteiger partial charge in [-0.2, -0.15) is 5.26 Å². The number of rotatable bonds is 0. The lowest BCUT2D eigenvalue weighted by Crippen LogP contribution is -2.19. The van der Waals surface area contributed by atoms with Gasteiger partial charge < -0.3 is 5.73 Å². The molecule has 2 N–H and O–H groups in total. The van der Waals surface area contributed by atoms with E-state index in [1.807, 2.05) is 13.8 Å². The van der Waals surface area contributed by atoms with E-state index < -0.39 is 0 Å². The molecule has 0 saturated carbocycles. The fourth-order valence-electron chi connectivity index (χ4n) is 0.940. The van der Waals surface area contributed by atoms with Gasteiger partial charge in [0.15, 0.2) is 0 Å². The van der Waals surface area contributed by atoms with Crippen LogP contribution in [0.2, 0.25) is 0 Å². The van der Waals surface area contributed by atoms with Gasteiger partial charge in [0.25, 0.3) is 0 Å². The molecule has 0 spiro atoms. The zero-order valence-electron chi connectivity index (χ0n) is 6.05. The molecule has 0 bridgehead atoms. The van der Waals surface area contributed by atoms with Gasteiger partial charge in [0, 0.05) is 5.70 Å². The van der Waals surface area contributed by atoms with Gasteiger partial charge in [0.1, 0.15) is 11.8 Å². The van der Waals surface area contributed by atoms with E-state index in [9.17, 15) is 0 Å². The second-order valence-corrected chi connectivity index (χ2v) is 2.37. The zero-order chi connectivity index (χ0) is 7.72. The number of nitriles is 1. The van der Waals surface area contributed by atoms with Crippen molar-refractivity contribution in [2.24, 2.45) is 16.6 Å². The van der Waals surface area contributed by atoms with Crippen molar-refractivity contribution in [3.8, 4) is 6.07 Å². The van der Waals surface area contributed by atoms with Crippen molar-refractivity contribution in [1.82, 2.24) is 0 Å². The SMILES string of the molecule is CC1=C(C)[C@@H](C#N)C(N)=N1. The first kappa shape index (κ1) is 6.81. The molecule has 1 aliphatic heterocycles. The Morgan fingerprint density at radius 3 is 2.40 bits per heavy atom. The summed E-state index contributed by atoms with van der Waals surface area (Å²) in [5.41, 5.74) is 7.31. The molecule has 52 valence electrons. The van der Waals surface area contributed by atoms with Crippen molar-refractivity contribution in [1.29, 1.82) is 5.26 Å². The van der Waals surface area contributed by atoms with E-state index >= 15 is 0 Å². The molecule has 3 heteroatoms. The van der Waals surface area contributed by atoms with Crippen LogP contribution in [0.1, 0.15) is 13.8 Å². The highest BCUT2D eigenvalue weighted by atomic mass is 14.9.